The van der Waals surface area contributed by atoms with Gasteiger partial charge in [0.05, 0.1) is 0 Å². The van der Waals surface area contributed by atoms with E-state index in [4.69, 9.17) is 0 Å². The summed E-state index contributed by atoms with van der Waals surface area (Å²) in [7, 11) is 0. The molecule has 20 heavy (non-hydrogen) atoms. The molecule has 0 nitrogen and oxygen atoms in total. The van der Waals surface area contributed by atoms with Gasteiger partial charge in [-0.15, -0.1) is 0 Å². The summed E-state index contributed by atoms with van der Waals surface area (Å²) in [6.45, 7) is 0. The molecule has 4 rings (SSSR count). The molecule has 0 saturated heterocycles. The van der Waals surface area contributed by atoms with E-state index in [9.17, 15) is 0 Å². The van der Waals surface area contributed by atoms with Crippen molar-refractivity contribution in [3.63, 3.8) is 0 Å². The monoisotopic (exact) mass is 258 g/mol. The van der Waals surface area contributed by atoms with E-state index in [2.05, 4.69) is 60.7 Å². The number of hydrogen-bond donors (Lipinski definition) is 0. The zero-order valence-electron chi connectivity index (χ0n) is 11.6. The fourth-order valence-corrected chi connectivity index (χ4v) is 3.46. The number of aryl methyl sites for hydroxylation is 2. The van der Waals surface area contributed by atoms with Gasteiger partial charge in [0.1, 0.15) is 0 Å². The molecule has 0 heterocycles. The lowest BCUT2D eigenvalue weighted by Gasteiger charge is -2.11. The Balaban J connectivity index is 1.58. The number of allylic oxidation sites excluding steroid dienone is 2. The molecular weight excluding hydrogens is 240 g/mol. The Kier molecular flexibility index (Phi) is 2.81. The van der Waals surface area contributed by atoms with Gasteiger partial charge >= 0.3 is 0 Å². The Morgan fingerprint density at radius 1 is 0.650 bits per heavy atom. The molecule has 0 atom stereocenters. The van der Waals surface area contributed by atoms with Crippen LogP contribution in [0, 0.1) is 0 Å². The van der Waals surface area contributed by atoms with Gasteiger partial charge < -0.3 is 0 Å². The van der Waals surface area contributed by atoms with Crippen LogP contribution in [-0.4, -0.2) is 0 Å². The molecule has 2 aromatic carbocycles. The molecule has 0 radical (unpaired) electrons. The molecule has 0 heteroatoms. The summed E-state index contributed by atoms with van der Waals surface area (Å²) in [5, 5.41) is 0. The van der Waals surface area contributed by atoms with Gasteiger partial charge in [0.15, 0.2) is 0 Å². The third-order valence-electron chi connectivity index (χ3n) is 4.52. The van der Waals surface area contributed by atoms with Gasteiger partial charge in [-0.25, -0.2) is 0 Å². The Morgan fingerprint density at radius 3 is 1.65 bits per heavy atom. The number of rotatable bonds is 3. The quantitative estimate of drug-likeness (QED) is 0.754. The van der Waals surface area contributed by atoms with Crippen molar-refractivity contribution in [3.05, 3.63) is 81.9 Å². The second-order valence-electron chi connectivity index (χ2n) is 5.68. The maximum absolute atomic E-state index is 2.30. The highest BCUT2D eigenvalue weighted by Gasteiger charge is 2.12. The SMILES string of the molecule is C1=Cc2cccc(CCc3cccc4c3CC=C4)c2C1. The minimum Gasteiger partial charge on any atom is -0.0795 e. The molecule has 0 amide bonds. The van der Waals surface area contributed by atoms with Crippen molar-refractivity contribution in [1.82, 2.24) is 0 Å². The van der Waals surface area contributed by atoms with Crippen molar-refractivity contribution >= 4 is 12.2 Å². The molecule has 0 aromatic heterocycles. The van der Waals surface area contributed by atoms with Gasteiger partial charge in [-0.1, -0.05) is 60.7 Å². The lowest BCUT2D eigenvalue weighted by molar-refractivity contribution is 0.928. The highest BCUT2D eigenvalue weighted by Crippen LogP contribution is 2.27. The first kappa shape index (κ1) is 11.7. The van der Waals surface area contributed by atoms with Crippen LogP contribution in [0.5, 0.6) is 0 Å². The molecule has 2 aliphatic rings. The topological polar surface area (TPSA) is 0 Å². The van der Waals surface area contributed by atoms with Crippen molar-refractivity contribution in [2.24, 2.45) is 0 Å². The van der Waals surface area contributed by atoms with E-state index in [0.29, 0.717) is 0 Å². The van der Waals surface area contributed by atoms with Crippen LogP contribution in [0.2, 0.25) is 0 Å². The zero-order valence-corrected chi connectivity index (χ0v) is 11.6. The van der Waals surface area contributed by atoms with E-state index in [1.54, 1.807) is 11.1 Å². The smallest absolute Gasteiger partial charge is 0.00854 e. The Labute approximate surface area is 120 Å². The van der Waals surface area contributed by atoms with Crippen molar-refractivity contribution in [3.8, 4) is 0 Å². The summed E-state index contributed by atoms with van der Waals surface area (Å²) in [4.78, 5) is 0. The predicted molar refractivity (Wildman–Crippen MR) is 85.8 cm³/mol. The normalized spacial score (nSPS) is 14.6. The van der Waals surface area contributed by atoms with Gasteiger partial charge in [0, 0.05) is 0 Å². The van der Waals surface area contributed by atoms with Crippen LogP contribution in [0.25, 0.3) is 12.2 Å². The predicted octanol–water partition coefficient (Wildman–Crippen LogP) is 4.61. The number of benzene rings is 2. The Morgan fingerprint density at radius 2 is 1.15 bits per heavy atom. The van der Waals surface area contributed by atoms with E-state index in [0.717, 1.165) is 25.7 Å². The molecule has 2 aromatic rings. The van der Waals surface area contributed by atoms with Gasteiger partial charge in [0.2, 0.25) is 0 Å². The highest BCUT2D eigenvalue weighted by atomic mass is 14.2. The van der Waals surface area contributed by atoms with Gasteiger partial charge in [0.25, 0.3) is 0 Å². The molecule has 0 bridgehead atoms. The second kappa shape index (κ2) is 4.79. The Hall–Kier alpha value is -2.08. The first-order valence-electron chi connectivity index (χ1n) is 7.46. The maximum atomic E-state index is 2.30. The third kappa shape index (κ3) is 1.92. The van der Waals surface area contributed by atoms with Crippen molar-refractivity contribution in [2.75, 3.05) is 0 Å². The molecule has 0 N–H and O–H groups in total. The molecule has 2 aliphatic carbocycles. The third-order valence-corrected chi connectivity index (χ3v) is 4.52. The van der Waals surface area contributed by atoms with E-state index >= 15 is 0 Å². The largest absolute Gasteiger partial charge is 0.0795 e. The minimum absolute atomic E-state index is 1.11. The standard InChI is InChI=1S/C20H18/c1-5-15-9-3-11-19(15)17(7-1)13-14-18-8-2-6-16-10-4-12-20(16)18/h1-10H,11-14H2. The van der Waals surface area contributed by atoms with Gasteiger partial charge in [-0.2, -0.15) is 0 Å². The van der Waals surface area contributed by atoms with Crippen LogP contribution < -0.4 is 0 Å². The van der Waals surface area contributed by atoms with Crippen LogP contribution in [0.4, 0.5) is 0 Å². The summed E-state index contributed by atoms with van der Waals surface area (Å²) in [6.07, 6.45) is 13.6. The second-order valence-corrected chi connectivity index (χ2v) is 5.68. The van der Waals surface area contributed by atoms with Crippen molar-refractivity contribution in [1.29, 1.82) is 0 Å². The number of hydrogen-bond acceptors (Lipinski definition) is 0. The lowest BCUT2D eigenvalue weighted by Crippen LogP contribution is -2.00. The molecule has 0 saturated carbocycles. The Bertz CT molecular complexity index is 653. The fourth-order valence-electron chi connectivity index (χ4n) is 3.46. The summed E-state index contributed by atoms with van der Waals surface area (Å²) < 4.78 is 0. The highest BCUT2D eigenvalue weighted by molar-refractivity contribution is 5.63. The first-order chi connectivity index (χ1) is 9.92. The van der Waals surface area contributed by atoms with Crippen molar-refractivity contribution < 1.29 is 0 Å². The van der Waals surface area contributed by atoms with E-state index in [1.165, 1.54) is 22.3 Å². The average molecular weight is 258 g/mol. The number of fused-ring (bicyclic) bond motifs is 2. The molecular formula is C20H18. The van der Waals surface area contributed by atoms with E-state index in [1.807, 2.05) is 0 Å². The van der Waals surface area contributed by atoms with Crippen LogP contribution in [0.1, 0.15) is 33.4 Å². The maximum Gasteiger partial charge on any atom is -0.00854 e. The summed E-state index contributed by atoms with van der Waals surface area (Å²) >= 11 is 0. The van der Waals surface area contributed by atoms with Crippen LogP contribution in [0.3, 0.4) is 0 Å². The summed E-state index contributed by atoms with van der Waals surface area (Å²) in [5.41, 5.74) is 8.97. The van der Waals surface area contributed by atoms with Crippen molar-refractivity contribution in [2.45, 2.75) is 25.7 Å². The molecule has 0 spiro atoms. The fraction of sp³-hybridized carbons (Fsp3) is 0.200. The van der Waals surface area contributed by atoms with Crippen LogP contribution in [-0.2, 0) is 25.7 Å². The van der Waals surface area contributed by atoms with Gasteiger partial charge in [-0.3, -0.25) is 0 Å². The molecule has 0 unspecified atom stereocenters. The molecule has 0 aliphatic heterocycles. The van der Waals surface area contributed by atoms with Crippen LogP contribution >= 0.6 is 0 Å². The summed E-state index contributed by atoms with van der Waals surface area (Å²) in [5.74, 6) is 0. The zero-order chi connectivity index (χ0) is 13.4. The lowest BCUT2D eigenvalue weighted by atomic mass is 9.94. The van der Waals surface area contributed by atoms with E-state index in [-0.39, 0.29) is 0 Å². The molecule has 0 fully saturated rings. The van der Waals surface area contributed by atoms with Crippen LogP contribution in [0.15, 0.2) is 48.6 Å². The minimum atomic E-state index is 1.11. The van der Waals surface area contributed by atoms with Gasteiger partial charge in [-0.05, 0) is 59.1 Å². The van der Waals surface area contributed by atoms with E-state index < -0.39 is 0 Å². The summed E-state index contributed by atoms with van der Waals surface area (Å²) in [6, 6.07) is 13.4. The molecule has 98 valence electrons. The average Bonchev–Trinajstić information content (AvgIpc) is 3.13. The first-order valence-corrected chi connectivity index (χ1v) is 7.46.